The van der Waals surface area contributed by atoms with Crippen LogP contribution in [-0.2, 0) is 5.92 Å². The van der Waals surface area contributed by atoms with Crippen LogP contribution in [0.2, 0.25) is 0 Å². The van der Waals surface area contributed by atoms with Gasteiger partial charge in [-0.1, -0.05) is 18.2 Å². The van der Waals surface area contributed by atoms with Crippen LogP contribution in [0.25, 0.3) is 0 Å². The van der Waals surface area contributed by atoms with Gasteiger partial charge in [-0.05, 0) is 12.5 Å². The minimum absolute atomic E-state index is 0.200. The predicted molar refractivity (Wildman–Crippen MR) is 44.1 cm³/mol. The highest BCUT2D eigenvalue weighted by atomic mass is 19.3. The summed E-state index contributed by atoms with van der Waals surface area (Å²) in [5, 5.41) is 0. The second-order valence-corrected chi connectivity index (χ2v) is 2.85. The SMILES string of the molecule is Cc1cccc(C(F)(F)CN)c1F. The molecule has 0 atom stereocenters. The fourth-order valence-corrected chi connectivity index (χ4v) is 1.04. The molecule has 2 N–H and O–H groups in total. The fraction of sp³-hybridized carbons (Fsp3) is 0.333. The number of halogens is 3. The molecular weight excluding hydrogens is 179 g/mol. The smallest absolute Gasteiger partial charge is 0.288 e. The zero-order chi connectivity index (χ0) is 10.1. The molecule has 72 valence electrons. The monoisotopic (exact) mass is 189 g/mol. The van der Waals surface area contributed by atoms with Gasteiger partial charge in [0.2, 0.25) is 0 Å². The van der Waals surface area contributed by atoms with E-state index < -0.39 is 23.8 Å². The second kappa shape index (κ2) is 3.38. The van der Waals surface area contributed by atoms with E-state index in [1.165, 1.54) is 19.1 Å². The van der Waals surface area contributed by atoms with E-state index in [9.17, 15) is 13.2 Å². The van der Waals surface area contributed by atoms with Crippen LogP contribution in [0.3, 0.4) is 0 Å². The summed E-state index contributed by atoms with van der Waals surface area (Å²) in [6, 6.07) is 3.87. The molecule has 0 radical (unpaired) electrons. The van der Waals surface area contributed by atoms with Crippen LogP contribution in [0.1, 0.15) is 11.1 Å². The van der Waals surface area contributed by atoms with E-state index in [2.05, 4.69) is 0 Å². The standard InChI is InChI=1S/C9H10F3N/c1-6-3-2-4-7(8(6)10)9(11,12)5-13/h2-4H,5,13H2,1H3. The molecule has 0 amide bonds. The molecule has 13 heavy (non-hydrogen) atoms. The Labute approximate surface area is 74.4 Å². The van der Waals surface area contributed by atoms with Crippen molar-refractivity contribution in [2.45, 2.75) is 12.8 Å². The van der Waals surface area contributed by atoms with Gasteiger partial charge in [0.05, 0.1) is 12.1 Å². The number of alkyl halides is 2. The quantitative estimate of drug-likeness (QED) is 0.758. The van der Waals surface area contributed by atoms with Crippen molar-refractivity contribution in [1.29, 1.82) is 0 Å². The van der Waals surface area contributed by atoms with Crippen LogP contribution in [0.5, 0.6) is 0 Å². The molecule has 0 heterocycles. The number of benzene rings is 1. The highest BCUT2D eigenvalue weighted by Gasteiger charge is 2.32. The molecule has 0 saturated heterocycles. The topological polar surface area (TPSA) is 26.0 Å². The molecule has 0 aliphatic rings. The third-order valence-corrected chi connectivity index (χ3v) is 1.84. The lowest BCUT2D eigenvalue weighted by Gasteiger charge is -2.15. The molecular formula is C9H10F3N. The first-order valence-electron chi connectivity index (χ1n) is 3.82. The first-order valence-corrected chi connectivity index (χ1v) is 3.82. The lowest BCUT2D eigenvalue weighted by Crippen LogP contribution is -2.26. The van der Waals surface area contributed by atoms with Crippen LogP contribution < -0.4 is 5.73 Å². The van der Waals surface area contributed by atoms with Crippen molar-refractivity contribution in [1.82, 2.24) is 0 Å². The van der Waals surface area contributed by atoms with Crippen molar-refractivity contribution in [2.75, 3.05) is 6.54 Å². The number of hydrogen-bond donors (Lipinski definition) is 1. The van der Waals surface area contributed by atoms with Crippen molar-refractivity contribution in [3.8, 4) is 0 Å². The third-order valence-electron chi connectivity index (χ3n) is 1.84. The number of aryl methyl sites for hydroxylation is 1. The Bertz CT molecular complexity index is 310. The van der Waals surface area contributed by atoms with Crippen molar-refractivity contribution < 1.29 is 13.2 Å². The first kappa shape index (κ1) is 10.1. The highest BCUT2D eigenvalue weighted by Crippen LogP contribution is 2.29. The van der Waals surface area contributed by atoms with Crippen LogP contribution in [0.4, 0.5) is 13.2 Å². The van der Waals surface area contributed by atoms with E-state index in [-0.39, 0.29) is 5.56 Å². The maximum atomic E-state index is 13.1. The van der Waals surface area contributed by atoms with Gasteiger partial charge in [0.1, 0.15) is 5.82 Å². The molecule has 0 unspecified atom stereocenters. The zero-order valence-corrected chi connectivity index (χ0v) is 7.15. The Morgan fingerprint density at radius 2 is 2.00 bits per heavy atom. The predicted octanol–water partition coefficient (Wildman–Crippen LogP) is 2.18. The Morgan fingerprint density at radius 1 is 1.38 bits per heavy atom. The van der Waals surface area contributed by atoms with Gasteiger partial charge in [-0.25, -0.2) is 4.39 Å². The van der Waals surface area contributed by atoms with Crippen LogP contribution in [0.15, 0.2) is 18.2 Å². The van der Waals surface area contributed by atoms with Gasteiger partial charge in [-0.15, -0.1) is 0 Å². The Balaban J connectivity index is 3.22. The summed E-state index contributed by atoms with van der Waals surface area (Å²) >= 11 is 0. The van der Waals surface area contributed by atoms with Crippen LogP contribution in [0, 0.1) is 12.7 Å². The minimum Gasteiger partial charge on any atom is -0.325 e. The van der Waals surface area contributed by atoms with E-state index in [1.807, 2.05) is 0 Å². The molecule has 0 aliphatic heterocycles. The van der Waals surface area contributed by atoms with Gasteiger partial charge < -0.3 is 5.73 Å². The first-order chi connectivity index (χ1) is 5.99. The van der Waals surface area contributed by atoms with Crippen LogP contribution in [-0.4, -0.2) is 6.54 Å². The van der Waals surface area contributed by atoms with Gasteiger partial charge in [-0.2, -0.15) is 8.78 Å². The normalized spacial score (nSPS) is 11.8. The summed E-state index contributed by atoms with van der Waals surface area (Å²) < 4.78 is 39.1. The summed E-state index contributed by atoms with van der Waals surface area (Å²) in [6.07, 6.45) is 0. The molecule has 0 spiro atoms. The lowest BCUT2D eigenvalue weighted by molar-refractivity contribution is 0.00227. The Morgan fingerprint density at radius 3 is 2.54 bits per heavy atom. The molecule has 4 heteroatoms. The van der Waals surface area contributed by atoms with E-state index in [0.717, 1.165) is 6.07 Å². The van der Waals surface area contributed by atoms with Gasteiger partial charge in [0, 0.05) is 0 Å². The highest BCUT2D eigenvalue weighted by molar-refractivity contribution is 5.28. The fourth-order valence-electron chi connectivity index (χ4n) is 1.04. The second-order valence-electron chi connectivity index (χ2n) is 2.85. The molecule has 0 saturated carbocycles. The third kappa shape index (κ3) is 1.83. The maximum Gasteiger partial charge on any atom is 0.288 e. The molecule has 1 nitrogen and oxygen atoms in total. The van der Waals surface area contributed by atoms with E-state index >= 15 is 0 Å². The molecule has 0 aliphatic carbocycles. The van der Waals surface area contributed by atoms with E-state index in [4.69, 9.17) is 5.73 Å². The van der Waals surface area contributed by atoms with Crippen molar-refractivity contribution in [3.05, 3.63) is 35.1 Å². The molecule has 0 bridgehead atoms. The maximum absolute atomic E-state index is 13.1. The molecule has 1 aromatic carbocycles. The summed E-state index contributed by atoms with van der Waals surface area (Å²) in [7, 11) is 0. The van der Waals surface area contributed by atoms with Gasteiger partial charge in [-0.3, -0.25) is 0 Å². The molecule has 1 rings (SSSR count). The summed E-state index contributed by atoms with van der Waals surface area (Å²) in [5.74, 6) is -4.16. The van der Waals surface area contributed by atoms with Gasteiger partial charge in [0.15, 0.2) is 0 Å². The average Bonchev–Trinajstić information content (AvgIpc) is 2.09. The summed E-state index contributed by atoms with van der Waals surface area (Å²) in [4.78, 5) is 0. The van der Waals surface area contributed by atoms with Crippen molar-refractivity contribution in [2.24, 2.45) is 5.73 Å². The summed E-state index contributed by atoms with van der Waals surface area (Å²) in [6.45, 7) is 0.554. The molecule has 0 aromatic heterocycles. The molecule has 1 aromatic rings. The number of hydrogen-bond acceptors (Lipinski definition) is 1. The summed E-state index contributed by atoms with van der Waals surface area (Å²) in [5.41, 5.74) is 4.41. The minimum atomic E-state index is -3.28. The Kier molecular flexibility index (Phi) is 2.61. The molecule has 0 fully saturated rings. The zero-order valence-electron chi connectivity index (χ0n) is 7.15. The van der Waals surface area contributed by atoms with Crippen molar-refractivity contribution >= 4 is 0 Å². The number of nitrogens with two attached hydrogens (primary N) is 1. The Hall–Kier alpha value is -1.03. The largest absolute Gasteiger partial charge is 0.325 e. The lowest BCUT2D eigenvalue weighted by atomic mass is 10.0. The van der Waals surface area contributed by atoms with Crippen molar-refractivity contribution in [3.63, 3.8) is 0 Å². The van der Waals surface area contributed by atoms with Gasteiger partial charge >= 0.3 is 0 Å². The average molecular weight is 189 g/mol. The number of rotatable bonds is 2. The van der Waals surface area contributed by atoms with E-state index in [1.54, 1.807) is 0 Å². The van der Waals surface area contributed by atoms with Crippen LogP contribution >= 0.6 is 0 Å². The van der Waals surface area contributed by atoms with E-state index in [0.29, 0.717) is 0 Å². The van der Waals surface area contributed by atoms with Gasteiger partial charge in [0.25, 0.3) is 5.92 Å².